The number of ketones is 1. The molecule has 0 spiro atoms. The first-order chi connectivity index (χ1) is 7.83. The summed E-state index contributed by atoms with van der Waals surface area (Å²) >= 11 is 0. The first-order valence-electron chi connectivity index (χ1n) is 5.75. The van der Waals surface area contributed by atoms with Crippen LogP contribution in [0, 0.1) is 0 Å². The quantitative estimate of drug-likeness (QED) is 0.722. The molecule has 16 heavy (non-hydrogen) atoms. The number of rotatable bonds is 3. The lowest BCUT2D eigenvalue weighted by molar-refractivity contribution is -0.126. The molecule has 0 aliphatic carbocycles. The van der Waals surface area contributed by atoms with Crippen LogP contribution in [0.15, 0.2) is 43.0 Å². The first kappa shape index (κ1) is 11.1. The molecule has 1 aliphatic heterocycles. The van der Waals surface area contributed by atoms with E-state index in [4.69, 9.17) is 0 Å². The maximum absolute atomic E-state index is 12.0. The smallest absolute Gasteiger partial charge is 0.154 e. The Morgan fingerprint density at radius 1 is 1.38 bits per heavy atom. The highest BCUT2D eigenvalue weighted by molar-refractivity contribution is 5.86. The van der Waals surface area contributed by atoms with Crippen molar-refractivity contribution in [1.29, 1.82) is 0 Å². The predicted molar refractivity (Wildman–Crippen MR) is 65.2 cm³/mol. The highest BCUT2D eigenvalue weighted by atomic mass is 16.1. The zero-order valence-electron chi connectivity index (χ0n) is 9.43. The summed E-state index contributed by atoms with van der Waals surface area (Å²) in [6.07, 6.45) is 3.54. The third-order valence-corrected chi connectivity index (χ3v) is 3.02. The van der Waals surface area contributed by atoms with Gasteiger partial charge in [0.2, 0.25) is 0 Å². The van der Waals surface area contributed by atoms with Gasteiger partial charge in [-0.15, -0.1) is 6.58 Å². The van der Waals surface area contributed by atoms with Crippen molar-refractivity contribution in [1.82, 2.24) is 4.90 Å². The van der Waals surface area contributed by atoms with Crippen LogP contribution in [0.2, 0.25) is 0 Å². The normalized spacial score (nSPS) is 22.0. The SMILES string of the molecule is C=CCN1CCCC(=O)[C@@H]1c1ccccc1. The molecule has 1 fully saturated rings. The summed E-state index contributed by atoms with van der Waals surface area (Å²) in [6.45, 7) is 5.52. The zero-order chi connectivity index (χ0) is 11.4. The number of likely N-dealkylation sites (tertiary alicyclic amines) is 1. The van der Waals surface area contributed by atoms with Gasteiger partial charge in [0.15, 0.2) is 5.78 Å². The van der Waals surface area contributed by atoms with Gasteiger partial charge in [-0.2, -0.15) is 0 Å². The van der Waals surface area contributed by atoms with E-state index >= 15 is 0 Å². The molecule has 0 aromatic heterocycles. The summed E-state index contributed by atoms with van der Waals surface area (Å²) in [5, 5.41) is 0. The van der Waals surface area contributed by atoms with Gasteiger partial charge < -0.3 is 0 Å². The summed E-state index contributed by atoms with van der Waals surface area (Å²) in [7, 11) is 0. The van der Waals surface area contributed by atoms with Crippen LogP contribution in [-0.4, -0.2) is 23.8 Å². The number of carbonyl (C=O) groups is 1. The molecule has 1 saturated heterocycles. The fraction of sp³-hybridized carbons (Fsp3) is 0.357. The second-order valence-electron chi connectivity index (χ2n) is 4.17. The van der Waals surface area contributed by atoms with Gasteiger partial charge in [0.1, 0.15) is 0 Å². The summed E-state index contributed by atoms with van der Waals surface area (Å²) in [5.74, 6) is 0.333. The van der Waals surface area contributed by atoms with Crippen LogP contribution in [0.1, 0.15) is 24.4 Å². The fourth-order valence-corrected chi connectivity index (χ4v) is 2.32. The lowest BCUT2D eigenvalue weighted by Gasteiger charge is -2.33. The van der Waals surface area contributed by atoms with Gasteiger partial charge >= 0.3 is 0 Å². The molecule has 0 N–H and O–H groups in total. The lowest BCUT2D eigenvalue weighted by Crippen LogP contribution is -2.39. The molecule has 0 unspecified atom stereocenters. The van der Waals surface area contributed by atoms with Gasteiger partial charge in [-0.25, -0.2) is 0 Å². The standard InChI is InChI=1S/C14H17NO/c1-2-10-15-11-6-9-13(16)14(15)12-7-4-3-5-8-12/h2-5,7-8,14H,1,6,9-11H2/t14-/m0/s1. The van der Waals surface area contributed by atoms with Crippen molar-refractivity contribution in [2.75, 3.05) is 13.1 Å². The zero-order valence-corrected chi connectivity index (χ0v) is 9.43. The topological polar surface area (TPSA) is 20.3 Å². The van der Waals surface area contributed by atoms with Crippen molar-refractivity contribution in [3.05, 3.63) is 48.6 Å². The van der Waals surface area contributed by atoms with Crippen LogP contribution in [0.25, 0.3) is 0 Å². The number of hydrogen-bond donors (Lipinski definition) is 0. The van der Waals surface area contributed by atoms with Gasteiger partial charge in [-0.05, 0) is 18.5 Å². The average molecular weight is 215 g/mol. The lowest BCUT2D eigenvalue weighted by atomic mass is 9.94. The highest BCUT2D eigenvalue weighted by Gasteiger charge is 2.29. The van der Waals surface area contributed by atoms with Gasteiger partial charge in [-0.1, -0.05) is 36.4 Å². The maximum Gasteiger partial charge on any atom is 0.154 e. The number of hydrogen-bond acceptors (Lipinski definition) is 2. The van der Waals surface area contributed by atoms with E-state index in [1.165, 1.54) is 0 Å². The molecule has 0 radical (unpaired) electrons. The van der Waals surface area contributed by atoms with Gasteiger partial charge in [-0.3, -0.25) is 9.69 Å². The van der Waals surface area contributed by atoms with Crippen LogP contribution in [0.4, 0.5) is 0 Å². The van der Waals surface area contributed by atoms with Crippen LogP contribution in [-0.2, 0) is 4.79 Å². The molecular formula is C14H17NO. The van der Waals surface area contributed by atoms with E-state index in [0.29, 0.717) is 12.2 Å². The third kappa shape index (κ3) is 2.22. The Hall–Kier alpha value is -1.41. The van der Waals surface area contributed by atoms with E-state index in [9.17, 15) is 4.79 Å². The second-order valence-corrected chi connectivity index (χ2v) is 4.17. The van der Waals surface area contributed by atoms with Gasteiger partial charge in [0, 0.05) is 13.0 Å². The van der Waals surface area contributed by atoms with Crippen LogP contribution < -0.4 is 0 Å². The Balaban J connectivity index is 2.26. The third-order valence-electron chi connectivity index (χ3n) is 3.02. The van der Waals surface area contributed by atoms with Crippen molar-refractivity contribution < 1.29 is 4.79 Å². The van der Waals surface area contributed by atoms with E-state index in [1.54, 1.807) is 0 Å². The number of benzene rings is 1. The largest absolute Gasteiger partial charge is 0.298 e. The minimum atomic E-state index is -0.0621. The van der Waals surface area contributed by atoms with E-state index in [-0.39, 0.29) is 6.04 Å². The summed E-state index contributed by atoms with van der Waals surface area (Å²) in [4.78, 5) is 14.2. The van der Waals surface area contributed by atoms with Gasteiger partial charge in [0.05, 0.1) is 6.04 Å². The van der Waals surface area contributed by atoms with Crippen molar-refractivity contribution in [3.63, 3.8) is 0 Å². The number of nitrogens with zero attached hydrogens (tertiary/aromatic N) is 1. The molecule has 1 heterocycles. The molecule has 1 aliphatic rings. The van der Waals surface area contributed by atoms with E-state index in [2.05, 4.69) is 11.5 Å². The number of carbonyl (C=O) groups excluding carboxylic acids is 1. The fourth-order valence-electron chi connectivity index (χ4n) is 2.32. The van der Waals surface area contributed by atoms with Crippen molar-refractivity contribution in [2.24, 2.45) is 0 Å². The first-order valence-corrected chi connectivity index (χ1v) is 5.75. The van der Waals surface area contributed by atoms with Crippen LogP contribution in [0.5, 0.6) is 0 Å². The molecule has 1 aromatic rings. The minimum Gasteiger partial charge on any atom is -0.298 e. The summed E-state index contributed by atoms with van der Waals surface area (Å²) in [5.41, 5.74) is 1.11. The number of Topliss-reactive ketones (excluding diaryl/α,β-unsaturated/α-hetero) is 1. The molecular weight excluding hydrogens is 198 g/mol. The molecule has 1 aromatic carbocycles. The molecule has 2 heteroatoms. The van der Waals surface area contributed by atoms with Crippen LogP contribution >= 0.6 is 0 Å². The van der Waals surface area contributed by atoms with Gasteiger partial charge in [0.25, 0.3) is 0 Å². The molecule has 2 nitrogen and oxygen atoms in total. The molecule has 2 rings (SSSR count). The number of piperidine rings is 1. The Kier molecular flexibility index (Phi) is 3.52. The van der Waals surface area contributed by atoms with E-state index in [1.807, 2.05) is 36.4 Å². The maximum atomic E-state index is 12.0. The molecule has 0 bridgehead atoms. The minimum absolute atomic E-state index is 0.0621. The molecule has 0 amide bonds. The summed E-state index contributed by atoms with van der Waals surface area (Å²) in [6, 6.07) is 9.96. The Morgan fingerprint density at radius 3 is 2.81 bits per heavy atom. The van der Waals surface area contributed by atoms with Crippen molar-refractivity contribution in [3.8, 4) is 0 Å². The molecule has 0 saturated carbocycles. The Labute approximate surface area is 96.6 Å². The van der Waals surface area contributed by atoms with Crippen molar-refractivity contribution in [2.45, 2.75) is 18.9 Å². The molecule has 1 atom stereocenters. The Morgan fingerprint density at radius 2 is 2.12 bits per heavy atom. The second kappa shape index (κ2) is 5.08. The highest BCUT2D eigenvalue weighted by Crippen LogP contribution is 2.27. The van der Waals surface area contributed by atoms with E-state index in [0.717, 1.165) is 25.1 Å². The van der Waals surface area contributed by atoms with E-state index < -0.39 is 0 Å². The monoisotopic (exact) mass is 215 g/mol. The predicted octanol–water partition coefficient (Wildman–Crippen LogP) is 2.58. The van der Waals surface area contributed by atoms with Crippen LogP contribution in [0.3, 0.4) is 0 Å². The Bertz CT molecular complexity index is 372. The average Bonchev–Trinajstić information content (AvgIpc) is 2.31. The molecule has 84 valence electrons. The van der Waals surface area contributed by atoms with Crippen molar-refractivity contribution >= 4 is 5.78 Å². The summed E-state index contributed by atoms with van der Waals surface area (Å²) < 4.78 is 0.